The van der Waals surface area contributed by atoms with E-state index in [1.807, 2.05) is 0 Å². The summed E-state index contributed by atoms with van der Waals surface area (Å²) in [7, 11) is 1.74. The minimum Gasteiger partial charge on any atom is -0.316 e. The molecule has 2 heterocycles. The van der Waals surface area contributed by atoms with Gasteiger partial charge in [-0.3, -0.25) is 4.79 Å². The first-order valence-corrected chi connectivity index (χ1v) is 4.79. The standard InChI is InChI=1S/C9H14N4O/c1-6-3-10-4-7(6)9(14)8-5-11-12-13(8)2/h5-7,10H,3-4H2,1-2H3. The molecule has 1 N–H and O–H groups in total. The summed E-state index contributed by atoms with van der Waals surface area (Å²) in [6.07, 6.45) is 1.54. The zero-order valence-corrected chi connectivity index (χ0v) is 8.40. The highest BCUT2D eigenvalue weighted by atomic mass is 16.1. The van der Waals surface area contributed by atoms with Crippen molar-refractivity contribution >= 4 is 5.78 Å². The van der Waals surface area contributed by atoms with Crippen LogP contribution in [0.15, 0.2) is 6.20 Å². The van der Waals surface area contributed by atoms with Crippen LogP contribution in [0.5, 0.6) is 0 Å². The molecule has 1 aliphatic heterocycles. The van der Waals surface area contributed by atoms with Gasteiger partial charge in [-0.1, -0.05) is 12.1 Å². The minimum atomic E-state index is 0.0761. The number of Topliss-reactive ketones (excluding diaryl/α,β-unsaturated/α-hetero) is 1. The Kier molecular flexibility index (Phi) is 2.33. The first kappa shape index (κ1) is 9.33. The van der Waals surface area contributed by atoms with E-state index >= 15 is 0 Å². The maximum Gasteiger partial charge on any atom is 0.187 e. The molecule has 0 amide bonds. The summed E-state index contributed by atoms with van der Waals surface area (Å²) in [5.41, 5.74) is 0.602. The molecule has 76 valence electrons. The topological polar surface area (TPSA) is 59.8 Å². The van der Waals surface area contributed by atoms with Crippen LogP contribution in [0, 0.1) is 11.8 Å². The van der Waals surface area contributed by atoms with Gasteiger partial charge < -0.3 is 5.32 Å². The summed E-state index contributed by atoms with van der Waals surface area (Å²) in [5.74, 6) is 0.625. The van der Waals surface area contributed by atoms with Gasteiger partial charge in [0, 0.05) is 19.5 Å². The molecule has 2 unspecified atom stereocenters. The van der Waals surface area contributed by atoms with Crippen LogP contribution in [0.3, 0.4) is 0 Å². The van der Waals surface area contributed by atoms with Gasteiger partial charge in [-0.2, -0.15) is 0 Å². The molecule has 0 aliphatic carbocycles. The second kappa shape index (κ2) is 3.49. The molecule has 14 heavy (non-hydrogen) atoms. The van der Waals surface area contributed by atoms with Crippen LogP contribution in [0.25, 0.3) is 0 Å². The van der Waals surface area contributed by atoms with Gasteiger partial charge >= 0.3 is 0 Å². The molecule has 5 nitrogen and oxygen atoms in total. The number of carbonyl (C=O) groups is 1. The molecule has 2 atom stereocenters. The third-order valence-electron chi connectivity index (χ3n) is 2.82. The van der Waals surface area contributed by atoms with Crippen LogP contribution in [0.2, 0.25) is 0 Å². The van der Waals surface area contributed by atoms with E-state index in [4.69, 9.17) is 0 Å². The van der Waals surface area contributed by atoms with Gasteiger partial charge in [0.05, 0.1) is 6.20 Å². The quantitative estimate of drug-likeness (QED) is 0.665. The Hall–Kier alpha value is -1.23. The molecule has 0 saturated carbocycles. The van der Waals surface area contributed by atoms with Crippen LogP contribution in [0.4, 0.5) is 0 Å². The van der Waals surface area contributed by atoms with Crippen molar-refractivity contribution in [1.29, 1.82) is 0 Å². The zero-order chi connectivity index (χ0) is 10.1. The molecule has 1 aromatic heterocycles. The third kappa shape index (κ3) is 1.43. The highest BCUT2D eigenvalue weighted by molar-refractivity contribution is 5.96. The van der Waals surface area contributed by atoms with Crippen LogP contribution < -0.4 is 5.32 Å². The number of aromatic nitrogens is 3. The van der Waals surface area contributed by atoms with Gasteiger partial charge in [0.25, 0.3) is 0 Å². The average molecular weight is 194 g/mol. The fourth-order valence-corrected chi connectivity index (χ4v) is 1.86. The van der Waals surface area contributed by atoms with Crippen molar-refractivity contribution in [3.63, 3.8) is 0 Å². The summed E-state index contributed by atoms with van der Waals surface area (Å²) in [6, 6.07) is 0. The highest BCUT2D eigenvalue weighted by Crippen LogP contribution is 2.20. The summed E-state index contributed by atoms with van der Waals surface area (Å²) < 4.78 is 1.54. The predicted molar refractivity (Wildman–Crippen MR) is 50.9 cm³/mol. The maximum absolute atomic E-state index is 12.0. The van der Waals surface area contributed by atoms with Crippen molar-refractivity contribution in [2.24, 2.45) is 18.9 Å². The van der Waals surface area contributed by atoms with Gasteiger partial charge in [-0.05, 0) is 12.5 Å². The highest BCUT2D eigenvalue weighted by Gasteiger charge is 2.31. The molecule has 0 spiro atoms. The number of hydrogen-bond acceptors (Lipinski definition) is 4. The lowest BCUT2D eigenvalue weighted by molar-refractivity contribution is 0.0898. The summed E-state index contributed by atoms with van der Waals surface area (Å²) in [5, 5.41) is 10.7. The van der Waals surface area contributed by atoms with Crippen LogP contribution in [-0.4, -0.2) is 33.9 Å². The van der Waals surface area contributed by atoms with E-state index < -0.39 is 0 Å². The van der Waals surface area contributed by atoms with Gasteiger partial charge in [-0.15, -0.1) is 5.10 Å². The number of hydrogen-bond donors (Lipinski definition) is 1. The third-order valence-corrected chi connectivity index (χ3v) is 2.82. The van der Waals surface area contributed by atoms with Crippen LogP contribution >= 0.6 is 0 Å². The summed E-state index contributed by atoms with van der Waals surface area (Å²) >= 11 is 0. The molecule has 0 bridgehead atoms. The van der Waals surface area contributed by atoms with Crippen LogP contribution in [-0.2, 0) is 7.05 Å². The Morgan fingerprint density at radius 1 is 1.64 bits per heavy atom. The number of nitrogens with zero attached hydrogens (tertiary/aromatic N) is 3. The molecule has 0 radical (unpaired) electrons. The molecule has 1 aromatic rings. The minimum absolute atomic E-state index is 0.0761. The van der Waals surface area contributed by atoms with E-state index in [1.165, 1.54) is 10.9 Å². The number of nitrogens with one attached hydrogen (secondary N) is 1. The van der Waals surface area contributed by atoms with Crippen molar-refractivity contribution in [2.75, 3.05) is 13.1 Å². The predicted octanol–water partition coefficient (Wildman–Crippen LogP) is -0.147. The van der Waals surface area contributed by atoms with Gasteiger partial charge in [0.2, 0.25) is 0 Å². The lowest BCUT2D eigenvalue weighted by atomic mass is 9.92. The second-order valence-electron chi connectivity index (χ2n) is 3.85. The molecular weight excluding hydrogens is 180 g/mol. The fraction of sp³-hybridized carbons (Fsp3) is 0.667. The monoisotopic (exact) mass is 194 g/mol. The first-order chi connectivity index (χ1) is 6.70. The number of ketones is 1. The van der Waals surface area contributed by atoms with Gasteiger partial charge in [0.1, 0.15) is 5.69 Å². The van der Waals surface area contributed by atoms with Crippen molar-refractivity contribution in [2.45, 2.75) is 6.92 Å². The first-order valence-electron chi connectivity index (χ1n) is 4.79. The lowest BCUT2D eigenvalue weighted by Crippen LogP contribution is -2.23. The number of rotatable bonds is 2. The SMILES string of the molecule is CC1CNCC1C(=O)c1cnnn1C. The fourth-order valence-electron chi connectivity index (χ4n) is 1.86. The Morgan fingerprint density at radius 3 is 2.93 bits per heavy atom. The zero-order valence-electron chi connectivity index (χ0n) is 8.40. The smallest absolute Gasteiger partial charge is 0.187 e. The Bertz CT molecular complexity index is 346. The van der Waals surface area contributed by atoms with E-state index in [0.29, 0.717) is 11.6 Å². The Balaban J connectivity index is 2.20. The van der Waals surface area contributed by atoms with Crippen molar-refractivity contribution < 1.29 is 4.79 Å². The van der Waals surface area contributed by atoms with Crippen molar-refractivity contribution in [3.05, 3.63) is 11.9 Å². The van der Waals surface area contributed by atoms with E-state index in [9.17, 15) is 4.79 Å². The van der Waals surface area contributed by atoms with E-state index in [0.717, 1.165) is 13.1 Å². The molecule has 1 aliphatic rings. The molecule has 1 saturated heterocycles. The largest absolute Gasteiger partial charge is 0.316 e. The lowest BCUT2D eigenvalue weighted by Gasteiger charge is -2.11. The molecule has 1 fully saturated rings. The molecular formula is C9H14N4O. The van der Waals surface area contributed by atoms with E-state index in [-0.39, 0.29) is 11.7 Å². The van der Waals surface area contributed by atoms with Crippen molar-refractivity contribution in [1.82, 2.24) is 20.3 Å². The van der Waals surface area contributed by atoms with Crippen LogP contribution in [0.1, 0.15) is 17.4 Å². The second-order valence-corrected chi connectivity index (χ2v) is 3.85. The molecule has 0 aromatic carbocycles. The number of carbonyl (C=O) groups excluding carboxylic acids is 1. The van der Waals surface area contributed by atoms with Crippen molar-refractivity contribution in [3.8, 4) is 0 Å². The maximum atomic E-state index is 12.0. The van der Waals surface area contributed by atoms with E-state index in [1.54, 1.807) is 7.05 Å². The molecule has 2 rings (SSSR count). The number of aryl methyl sites for hydroxylation is 1. The summed E-state index contributed by atoms with van der Waals surface area (Å²) in [6.45, 7) is 3.78. The Labute approximate surface area is 82.5 Å². The van der Waals surface area contributed by atoms with Gasteiger partial charge in [0.15, 0.2) is 5.78 Å². The average Bonchev–Trinajstić information content (AvgIpc) is 2.73. The normalized spacial score (nSPS) is 26.7. The van der Waals surface area contributed by atoms with Gasteiger partial charge in [-0.25, -0.2) is 4.68 Å². The summed E-state index contributed by atoms with van der Waals surface area (Å²) in [4.78, 5) is 12.0. The Morgan fingerprint density at radius 2 is 2.43 bits per heavy atom. The molecule has 5 heteroatoms. The van der Waals surface area contributed by atoms with E-state index in [2.05, 4.69) is 22.6 Å².